The number of nitrogens with one attached hydrogen (secondary N) is 1. The number of rotatable bonds is 7. The Morgan fingerprint density at radius 1 is 1.18 bits per heavy atom. The van der Waals surface area contributed by atoms with E-state index in [-0.39, 0.29) is 22.9 Å². The zero-order valence-corrected chi connectivity index (χ0v) is 19.6. The van der Waals surface area contributed by atoms with Gasteiger partial charge in [0.15, 0.2) is 5.13 Å². The first kappa shape index (κ1) is 23.6. The maximum atomic E-state index is 12.0. The molecule has 3 N–H and O–H groups in total. The van der Waals surface area contributed by atoms with Crippen LogP contribution in [0.2, 0.25) is 0 Å². The van der Waals surface area contributed by atoms with E-state index in [0.29, 0.717) is 60.4 Å². The summed E-state index contributed by atoms with van der Waals surface area (Å²) in [6.45, 7) is 5.00. The van der Waals surface area contributed by atoms with E-state index in [2.05, 4.69) is 25.2 Å². The van der Waals surface area contributed by atoms with Gasteiger partial charge in [0.1, 0.15) is 10.7 Å². The Balaban J connectivity index is 1.68. The van der Waals surface area contributed by atoms with Crippen molar-refractivity contribution in [2.45, 2.75) is 32.8 Å². The number of hydrogen-bond donors (Lipinski definition) is 3. The molecule has 0 unspecified atom stereocenters. The van der Waals surface area contributed by atoms with E-state index in [1.165, 1.54) is 0 Å². The Bertz CT molecular complexity index is 1190. The molecule has 1 aliphatic heterocycles. The number of anilines is 3. The van der Waals surface area contributed by atoms with Crippen LogP contribution in [0.5, 0.6) is 0 Å². The number of carbonyl (C=O) groups is 2. The van der Waals surface area contributed by atoms with E-state index in [4.69, 9.17) is 4.74 Å². The number of aromatic nitrogens is 3. The summed E-state index contributed by atoms with van der Waals surface area (Å²) in [5, 5.41) is 22.6. The molecule has 0 saturated carbocycles. The molecule has 1 aliphatic rings. The number of aliphatic hydroxyl groups excluding tert-OH is 1. The monoisotopic (exact) mass is 483 g/mol. The van der Waals surface area contributed by atoms with Crippen LogP contribution in [0.1, 0.15) is 45.5 Å². The summed E-state index contributed by atoms with van der Waals surface area (Å²) >= 11 is 1.02. The van der Waals surface area contributed by atoms with Crippen LogP contribution in [-0.2, 0) is 4.74 Å². The summed E-state index contributed by atoms with van der Waals surface area (Å²) < 4.78 is 5.05. The van der Waals surface area contributed by atoms with E-state index >= 15 is 0 Å². The molecule has 0 aliphatic carbocycles. The number of aryl methyl sites for hydroxylation is 1. The highest BCUT2D eigenvalue weighted by Crippen LogP contribution is 2.29. The van der Waals surface area contributed by atoms with E-state index in [1.807, 2.05) is 6.07 Å². The fraction of sp³-hybridized carbons (Fsp3) is 0.348. The van der Waals surface area contributed by atoms with Gasteiger partial charge in [0.2, 0.25) is 5.95 Å². The van der Waals surface area contributed by atoms with E-state index in [0.717, 1.165) is 16.9 Å². The average Bonchev–Trinajstić information content (AvgIpc) is 3.19. The second-order valence-corrected chi connectivity index (χ2v) is 8.81. The molecular formula is C23H25N5O5S. The third kappa shape index (κ3) is 5.32. The highest BCUT2D eigenvalue weighted by atomic mass is 32.1. The van der Waals surface area contributed by atoms with Gasteiger partial charge < -0.3 is 19.8 Å². The highest BCUT2D eigenvalue weighted by Gasteiger charge is 2.21. The molecular weight excluding hydrogens is 458 g/mol. The fourth-order valence-electron chi connectivity index (χ4n) is 3.63. The van der Waals surface area contributed by atoms with Crippen LogP contribution >= 0.6 is 11.3 Å². The van der Waals surface area contributed by atoms with Crippen molar-refractivity contribution in [1.82, 2.24) is 15.0 Å². The summed E-state index contributed by atoms with van der Waals surface area (Å²) in [5.41, 5.74) is 2.26. The number of carboxylic acids is 1. The predicted octanol–water partition coefficient (Wildman–Crippen LogP) is 3.49. The summed E-state index contributed by atoms with van der Waals surface area (Å²) in [5.74, 6) is -0.466. The van der Waals surface area contributed by atoms with Gasteiger partial charge in [0.05, 0.1) is 29.7 Å². The molecule has 0 radical (unpaired) electrons. The van der Waals surface area contributed by atoms with Gasteiger partial charge in [-0.3, -0.25) is 5.32 Å². The Morgan fingerprint density at radius 3 is 2.50 bits per heavy atom. The molecule has 4 rings (SSSR count). The Kier molecular flexibility index (Phi) is 7.03. The third-order valence-corrected chi connectivity index (χ3v) is 6.46. The zero-order valence-electron chi connectivity index (χ0n) is 18.8. The number of aromatic carboxylic acids is 1. The Hall–Kier alpha value is -3.57. The minimum atomic E-state index is -1.04. The highest BCUT2D eigenvalue weighted by molar-refractivity contribution is 7.17. The third-order valence-electron chi connectivity index (χ3n) is 5.40. The number of esters is 1. The quantitative estimate of drug-likeness (QED) is 0.428. The normalized spacial score (nSPS) is 14.1. The molecule has 3 aromatic rings. The number of carbonyl (C=O) groups excluding carboxylic acids is 1. The number of thiazole rings is 1. The standard InChI is InChI=1S/C23H25N5O5S/c1-3-33-21(32)15-6-4-14(5-7-15)17-12-18(28-10-8-16(29)9-11-28)26-22(25-17)27-23-24-13(2)19(34-23)20(30)31/h4-7,12,16,29H,3,8-11H2,1-2H3,(H,30,31)(H,24,25,26,27). The summed E-state index contributed by atoms with van der Waals surface area (Å²) in [6.07, 6.45) is 0.965. The van der Waals surface area contributed by atoms with Crippen molar-refractivity contribution in [3.05, 3.63) is 46.5 Å². The fourth-order valence-corrected chi connectivity index (χ4v) is 4.43. The number of nitrogens with zero attached hydrogens (tertiary/aromatic N) is 4. The van der Waals surface area contributed by atoms with Gasteiger partial charge in [-0.1, -0.05) is 23.5 Å². The second kappa shape index (κ2) is 10.1. The number of carboxylic acid groups (broad SMARTS) is 1. The van der Waals surface area contributed by atoms with Crippen LogP contribution in [0, 0.1) is 6.92 Å². The van der Waals surface area contributed by atoms with Crippen molar-refractivity contribution in [2.75, 3.05) is 29.9 Å². The average molecular weight is 484 g/mol. The molecule has 1 fully saturated rings. The lowest BCUT2D eigenvalue weighted by Gasteiger charge is -2.30. The van der Waals surface area contributed by atoms with Gasteiger partial charge in [0.25, 0.3) is 0 Å². The van der Waals surface area contributed by atoms with E-state index < -0.39 is 5.97 Å². The topological polar surface area (TPSA) is 138 Å². The number of piperidine rings is 1. The first-order valence-electron chi connectivity index (χ1n) is 10.9. The molecule has 1 aromatic carbocycles. The number of hydrogen-bond acceptors (Lipinski definition) is 10. The van der Waals surface area contributed by atoms with Crippen molar-refractivity contribution in [2.24, 2.45) is 0 Å². The summed E-state index contributed by atoms with van der Waals surface area (Å²) in [6, 6.07) is 8.81. The minimum absolute atomic E-state index is 0.151. The van der Waals surface area contributed by atoms with Crippen LogP contribution in [0.3, 0.4) is 0 Å². The first-order chi connectivity index (χ1) is 16.3. The smallest absolute Gasteiger partial charge is 0.347 e. The van der Waals surface area contributed by atoms with Gasteiger partial charge in [0, 0.05) is 24.7 Å². The SMILES string of the molecule is CCOC(=O)c1ccc(-c2cc(N3CCC(O)CC3)nc(Nc3nc(C)c(C(=O)O)s3)n2)cc1. The van der Waals surface area contributed by atoms with Crippen molar-refractivity contribution >= 4 is 40.2 Å². The van der Waals surface area contributed by atoms with Gasteiger partial charge in [-0.25, -0.2) is 19.6 Å². The molecule has 0 atom stereocenters. The number of ether oxygens (including phenoxy) is 1. The van der Waals surface area contributed by atoms with Gasteiger partial charge in [-0.2, -0.15) is 4.98 Å². The molecule has 10 nitrogen and oxygen atoms in total. The van der Waals surface area contributed by atoms with Crippen LogP contribution < -0.4 is 10.2 Å². The van der Waals surface area contributed by atoms with Crippen molar-refractivity contribution in [3.8, 4) is 11.3 Å². The molecule has 0 bridgehead atoms. The molecule has 0 amide bonds. The van der Waals surface area contributed by atoms with Crippen LogP contribution in [-0.4, -0.2) is 62.9 Å². The lowest BCUT2D eigenvalue weighted by molar-refractivity contribution is 0.0525. The van der Waals surface area contributed by atoms with Gasteiger partial charge in [-0.15, -0.1) is 0 Å². The minimum Gasteiger partial charge on any atom is -0.477 e. The van der Waals surface area contributed by atoms with Crippen LogP contribution in [0.15, 0.2) is 30.3 Å². The van der Waals surface area contributed by atoms with Crippen molar-refractivity contribution < 1.29 is 24.5 Å². The van der Waals surface area contributed by atoms with E-state index in [1.54, 1.807) is 38.1 Å². The Labute approximate surface area is 200 Å². The van der Waals surface area contributed by atoms with Crippen LogP contribution in [0.25, 0.3) is 11.3 Å². The first-order valence-corrected chi connectivity index (χ1v) is 11.7. The van der Waals surface area contributed by atoms with Crippen LogP contribution in [0.4, 0.5) is 16.9 Å². The second-order valence-electron chi connectivity index (χ2n) is 7.81. The van der Waals surface area contributed by atoms with Crippen molar-refractivity contribution in [1.29, 1.82) is 0 Å². The molecule has 178 valence electrons. The molecule has 2 aromatic heterocycles. The maximum absolute atomic E-state index is 12.0. The molecule has 11 heteroatoms. The molecule has 0 spiro atoms. The molecule has 3 heterocycles. The maximum Gasteiger partial charge on any atom is 0.347 e. The Morgan fingerprint density at radius 2 is 1.88 bits per heavy atom. The van der Waals surface area contributed by atoms with Gasteiger partial charge >= 0.3 is 11.9 Å². The lowest BCUT2D eigenvalue weighted by atomic mass is 10.1. The van der Waals surface area contributed by atoms with E-state index in [9.17, 15) is 19.8 Å². The zero-order chi connectivity index (χ0) is 24.2. The van der Waals surface area contributed by atoms with Crippen molar-refractivity contribution in [3.63, 3.8) is 0 Å². The predicted molar refractivity (Wildman–Crippen MR) is 128 cm³/mol. The molecule has 1 saturated heterocycles. The van der Waals surface area contributed by atoms with Gasteiger partial charge in [-0.05, 0) is 38.8 Å². The lowest BCUT2D eigenvalue weighted by Crippen LogP contribution is -2.36. The number of aliphatic hydroxyl groups is 1. The summed E-state index contributed by atoms with van der Waals surface area (Å²) in [4.78, 5) is 39.1. The largest absolute Gasteiger partial charge is 0.477 e. The molecule has 34 heavy (non-hydrogen) atoms. The summed E-state index contributed by atoms with van der Waals surface area (Å²) in [7, 11) is 0. The number of benzene rings is 1.